The molecule has 1 atom stereocenters. The molecule has 0 radical (unpaired) electrons. The fourth-order valence-electron chi connectivity index (χ4n) is 3.16. The third-order valence-corrected chi connectivity index (χ3v) is 4.53. The van der Waals surface area contributed by atoms with E-state index in [-0.39, 0.29) is 0 Å². The van der Waals surface area contributed by atoms with Gasteiger partial charge in [0, 0.05) is 50.5 Å². The lowest BCUT2D eigenvalue weighted by Crippen LogP contribution is -2.46. The molecule has 7 heteroatoms. The number of piperidine rings is 1. The largest absolute Gasteiger partial charge is 0.424 e. The van der Waals surface area contributed by atoms with Gasteiger partial charge in [0.1, 0.15) is 5.75 Å². The topological polar surface area (TPSA) is 76.1 Å². The van der Waals surface area contributed by atoms with Gasteiger partial charge in [-0.05, 0) is 42.7 Å². The highest BCUT2D eigenvalue weighted by atomic mass is 16.5. The van der Waals surface area contributed by atoms with Crippen LogP contribution in [-0.2, 0) is 6.54 Å². The van der Waals surface area contributed by atoms with E-state index in [0.29, 0.717) is 12.1 Å². The second kappa shape index (κ2) is 8.55. The Bertz CT molecular complexity index is 828. The van der Waals surface area contributed by atoms with Gasteiger partial charge in [0.05, 0.1) is 0 Å². The number of rotatable bonds is 6. The van der Waals surface area contributed by atoms with Crippen molar-refractivity contribution in [3.05, 3.63) is 66.7 Å². The van der Waals surface area contributed by atoms with Crippen LogP contribution in [0, 0.1) is 0 Å². The van der Waals surface area contributed by atoms with Crippen LogP contribution >= 0.6 is 0 Å². The van der Waals surface area contributed by atoms with Crippen molar-refractivity contribution in [2.24, 2.45) is 0 Å². The van der Waals surface area contributed by atoms with Crippen LogP contribution in [0.25, 0.3) is 0 Å². The van der Waals surface area contributed by atoms with Crippen molar-refractivity contribution in [1.82, 2.24) is 25.3 Å². The van der Waals surface area contributed by atoms with Crippen LogP contribution in [0.3, 0.4) is 0 Å². The first-order chi connectivity index (χ1) is 13.4. The maximum atomic E-state index is 5.63. The second-order valence-electron chi connectivity index (χ2n) is 6.49. The first kappa shape index (κ1) is 17.4. The first-order valence-electron chi connectivity index (χ1n) is 9.16. The van der Waals surface area contributed by atoms with Crippen LogP contribution < -0.4 is 15.0 Å². The molecule has 0 bridgehead atoms. The number of aromatic nitrogens is 4. The number of nitrogens with one attached hydrogen (secondary N) is 1. The summed E-state index contributed by atoms with van der Waals surface area (Å²) in [6.45, 7) is 2.75. The Morgan fingerprint density at radius 1 is 0.963 bits per heavy atom. The van der Waals surface area contributed by atoms with Gasteiger partial charge in [-0.15, -0.1) is 0 Å². The molecule has 27 heavy (non-hydrogen) atoms. The third-order valence-electron chi connectivity index (χ3n) is 4.53. The Kier molecular flexibility index (Phi) is 5.50. The molecule has 1 N–H and O–H groups in total. The fourth-order valence-corrected chi connectivity index (χ4v) is 3.16. The Labute approximate surface area is 158 Å². The van der Waals surface area contributed by atoms with Gasteiger partial charge < -0.3 is 15.0 Å². The van der Waals surface area contributed by atoms with E-state index in [1.54, 1.807) is 30.9 Å². The predicted octanol–water partition coefficient (Wildman–Crippen LogP) is 2.82. The molecule has 0 amide bonds. The predicted molar refractivity (Wildman–Crippen MR) is 103 cm³/mol. The number of nitrogens with zero attached hydrogens (tertiary/aromatic N) is 5. The Morgan fingerprint density at radius 3 is 2.41 bits per heavy atom. The van der Waals surface area contributed by atoms with Gasteiger partial charge in [-0.2, -0.15) is 0 Å². The van der Waals surface area contributed by atoms with Gasteiger partial charge in [-0.3, -0.25) is 0 Å². The van der Waals surface area contributed by atoms with Crippen LogP contribution in [0.1, 0.15) is 18.4 Å². The molecule has 1 fully saturated rings. The minimum Gasteiger partial charge on any atom is -0.424 e. The average molecular weight is 362 g/mol. The summed E-state index contributed by atoms with van der Waals surface area (Å²) >= 11 is 0. The Hall–Kier alpha value is -3.06. The Morgan fingerprint density at radius 2 is 1.67 bits per heavy atom. The van der Waals surface area contributed by atoms with Crippen molar-refractivity contribution in [2.75, 3.05) is 18.0 Å². The highest BCUT2D eigenvalue weighted by Gasteiger charge is 2.21. The summed E-state index contributed by atoms with van der Waals surface area (Å²) < 4.78 is 5.63. The number of anilines is 1. The van der Waals surface area contributed by atoms with Crippen LogP contribution in [-0.4, -0.2) is 39.1 Å². The van der Waals surface area contributed by atoms with E-state index in [1.807, 2.05) is 18.2 Å². The molecule has 0 spiro atoms. The van der Waals surface area contributed by atoms with Gasteiger partial charge in [-0.1, -0.05) is 12.1 Å². The van der Waals surface area contributed by atoms with E-state index in [2.05, 4.69) is 42.3 Å². The minimum atomic E-state index is 0.355. The lowest BCUT2D eigenvalue weighted by Gasteiger charge is -2.33. The lowest BCUT2D eigenvalue weighted by atomic mass is 10.1. The van der Waals surface area contributed by atoms with Gasteiger partial charge in [0.2, 0.25) is 5.95 Å². The molecule has 3 aromatic rings. The van der Waals surface area contributed by atoms with Crippen molar-refractivity contribution in [1.29, 1.82) is 0 Å². The zero-order valence-electron chi connectivity index (χ0n) is 15.0. The average Bonchev–Trinajstić information content (AvgIpc) is 2.75. The van der Waals surface area contributed by atoms with E-state index in [0.717, 1.165) is 44.2 Å². The highest BCUT2D eigenvalue weighted by Crippen LogP contribution is 2.19. The van der Waals surface area contributed by atoms with E-state index in [4.69, 9.17) is 4.74 Å². The van der Waals surface area contributed by atoms with Gasteiger partial charge in [0.25, 0.3) is 0 Å². The van der Waals surface area contributed by atoms with Crippen LogP contribution in [0.4, 0.5) is 5.95 Å². The van der Waals surface area contributed by atoms with E-state index in [1.165, 1.54) is 5.56 Å². The normalized spacial score (nSPS) is 16.9. The monoisotopic (exact) mass is 362 g/mol. The van der Waals surface area contributed by atoms with E-state index in [9.17, 15) is 0 Å². The molecule has 0 saturated carbocycles. The number of hydrogen-bond acceptors (Lipinski definition) is 7. The molecule has 3 heterocycles. The molecule has 1 saturated heterocycles. The first-order valence-corrected chi connectivity index (χ1v) is 9.16. The van der Waals surface area contributed by atoms with Gasteiger partial charge in [-0.25, -0.2) is 19.9 Å². The van der Waals surface area contributed by atoms with E-state index < -0.39 is 0 Å². The summed E-state index contributed by atoms with van der Waals surface area (Å²) in [5.74, 6) is 1.55. The summed E-state index contributed by atoms with van der Waals surface area (Å²) in [5.41, 5.74) is 1.21. The highest BCUT2D eigenvalue weighted by molar-refractivity contribution is 5.31. The minimum absolute atomic E-state index is 0.355. The van der Waals surface area contributed by atoms with Crippen LogP contribution in [0.2, 0.25) is 0 Å². The summed E-state index contributed by atoms with van der Waals surface area (Å²) in [6, 6.07) is 12.4. The molecule has 1 aromatic carbocycles. The van der Waals surface area contributed by atoms with Gasteiger partial charge in [0.15, 0.2) is 0 Å². The number of hydrogen-bond donors (Lipinski definition) is 1. The maximum Gasteiger partial charge on any atom is 0.321 e. The molecule has 1 aliphatic rings. The zero-order chi connectivity index (χ0) is 18.3. The quantitative estimate of drug-likeness (QED) is 0.722. The maximum absolute atomic E-state index is 5.63. The Balaban J connectivity index is 1.29. The molecular formula is C20H22N6O. The summed E-state index contributed by atoms with van der Waals surface area (Å²) in [6.07, 6.45) is 9.21. The van der Waals surface area contributed by atoms with Crippen molar-refractivity contribution in [3.8, 4) is 11.8 Å². The summed E-state index contributed by atoms with van der Waals surface area (Å²) in [5, 5.41) is 3.64. The summed E-state index contributed by atoms with van der Waals surface area (Å²) in [7, 11) is 0. The SMILES string of the molecule is c1cnc(Oc2ccc(CN[C@@H]3CCCN(c4ncccn4)C3)cc2)nc1. The molecular weight excluding hydrogens is 340 g/mol. The third kappa shape index (κ3) is 4.77. The van der Waals surface area contributed by atoms with Crippen LogP contribution in [0.5, 0.6) is 11.8 Å². The molecule has 1 aliphatic heterocycles. The zero-order valence-corrected chi connectivity index (χ0v) is 15.0. The molecule has 0 aliphatic carbocycles. The number of benzene rings is 1. The van der Waals surface area contributed by atoms with Crippen molar-refractivity contribution >= 4 is 5.95 Å². The second-order valence-corrected chi connectivity index (χ2v) is 6.49. The summed E-state index contributed by atoms with van der Waals surface area (Å²) in [4.78, 5) is 19.1. The van der Waals surface area contributed by atoms with Crippen molar-refractivity contribution < 1.29 is 4.74 Å². The lowest BCUT2D eigenvalue weighted by molar-refractivity contribution is 0.417. The fraction of sp³-hybridized carbons (Fsp3) is 0.300. The molecule has 2 aromatic heterocycles. The smallest absolute Gasteiger partial charge is 0.321 e. The standard InChI is InChI=1S/C20H22N6O/c1-4-17(15-26(13-1)19-21-9-2-10-22-19)25-14-16-5-7-18(8-6-16)27-20-23-11-3-12-24-20/h2-3,5-12,17,25H,1,4,13-15H2/t17-/m1/s1. The molecule has 7 nitrogen and oxygen atoms in total. The molecule has 0 unspecified atom stereocenters. The van der Waals surface area contributed by atoms with Crippen molar-refractivity contribution in [3.63, 3.8) is 0 Å². The van der Waals surface area contributed by atoms with Gasteiger partial charge >= 0.3 is 6.01 Å². The van der Waals surface area contributed by atoms with Crippen LogP contribution in [0.15, 0.2) is 61.2 Å². The molecule has 138 valence electrons. The number of ether oxygens (including phenoxy) is 1. The van der Waals surface area contributed by atoms with Crippen molar-refractivity contribution in [2.45, 2.75) is 25.4 Å². The van der Waals surface area contributed by atoms with E-state index >= 15 is 0 Å². The molecule has 4 rings (SSSR count).